The zero-order valence-electron chi connectivity index (χ0n) is 10.7. The van der Waals surface area contributed by atoms with Crippen molar-refractivity contribution in [1.29, 1.82) is 0 Å². The van der Waals surface area contributed by atoms with Gasteiger partial charge in [-0.1, -0.05) is 0 Å². The summed E-state index contributed by atoms with van der Waals surface area (Å²) in [5.74, 6) is -0.224. The molecule has 5 heteroatoms. The highest BCUT2D eigenvalue weighted by Gasteiger charge is 2.15. The van der Waals surface area contributed by atoms with Crippen LogP contribution in [0, 0.1) is 0 Å². The van der Waals surface area contributed by atoms with Gasteiger partial charge in [0.2, 0.25) is 0 Å². The van der Waals surface area contributed by atoms with Crippen LogP contribution in [0.5, 0.6) is 5.75 Å². The van der Waals surface area contributed by atoms with Crippen LogP contribution in [0.1, 0.15) is 16.8 Å². The Balaban J connectivity index is 2.47. The highest BCUT2D eigenvalue weighted by atomic mass is 16.5. The fourth-order valence-electron chi connectivity index (χ4n) is 1.79. The van der Waals surface area contributed by atoms with Crippen molar-refractivity contribution in [2.45, 2.75) is 6.42 Å². The van der Waals surface area contributed by atoms with Crippen LogP contribution in [0.25, 0.3) is 10.9 Å². The number of benzene rings is 1. The molecule has 0 fully saturated rings. The van der Waals surface area contributed by atoms with Crippen LogP contribution in [-0.2, 0) is 9.53 Å². The molecule has 0 spiro atoms. The first-order valence-electron chi connectivity index (χ1n) is 5.68. The molecular formula is C14H13NO4. The maximum Gasteiger partial charge on any atom is 0.313 e. The van der Waals surface area contributed by atoms with Crippen LogP contribution >= 0.6 is 0 Å². The van der Waals surface area contributed by atoms with Crippen LogP contribution in [0.3, 0.4) is 0 Å². The van der Waals surface area contributed by atoms with Gasteiger partial charge < -0.3 is 9.47 Å². The van der Waals surface area contributed by atoms with Crippen molar-refractivity contribution in [3.05, 3.63) is 36.0 Å². The molecule has 0 aliphatic carbocycles. The lowest BCUT2D eigenvalue weighted by Gasteiger charge is -2.06. The van der Waals surface area contributed by atoms with E-state index in [2.05, 4.69) is 9.72 Å². The van der Waals surface area contributed by atoms with Gasteiger partial charge in [0, 0.05) is 17.1 Å². The first-order chi connectivity index (χ1) is 9.15. The molecule has 0 bridgehead atoms. The molecule has 1 aromatic carbocycles. The van der Waals surface area contributed by atoms with Gasteiger partial charge >= 0.3 is 5.97 Å². The Kier molecular flexibility index (Phi) is 3.75. The summed E-state index contributed by atoms with van der Waals surface area (Å²) in [6, 6.07) is 6.85. The van der Waals surface area contributed by atoms with Gasteiger partial charge in [-0.15, -0.1) is 0 Å². The number of hydrogen-bond acceptors (Lipinski definition) is 5. The normalized spacial score (nSPS) is 10.2. The van der Waals surface area contributed by atoms with Crippen molar-refractivity contribution in [3.8, 4) is 5.75 Å². The first kappa shape index (κ1) is 13.0. The van der Waals surface area contributed by atoms with E-state index in [1.807, 2.05) is 0 Å². The summed E-state index contributed by atoms with van der Waals surface area (Å²) in [7, 11) is 2.80. The minimum Gasteiger partial charge on any atom is -0.497 e. The highest BCUT2D eigenvalue weighted by Crippen LogP contribution is 2.23. The fraction of sp³-hybridized carbons (Fsp3) is 0.214. The summed E-state index contributed by atoms with van der Waals surface area (Å²) in [5, 5.41) is 0.663. The molecule has 5 nitrogen and oxygen atoms in total. The predicted octanol–water partition coefficient (Wildman–Crippen LogP) is 1.99. The number of aromatic nitrogens is 1. The molecule has 0 N–H and O–H groups in total. The van der Waals surface area contributed by atoms with Crippen LogP contribution < -0.4 is 4.74 Å². The zero-order chi connectivity index (χ0) is 13.8. The van der Waals surface area contributed by atoms with Gasteiger partial charge in [-0.25, -0.2) is 0 Å². The highest BCUT2D eigenvalue weighted by molar-refractivity contribution is 6.12. The van der Waals surface area contributed by atoms with Crippen molar-refractivity contribution in [1.82, 2.24) is 4.98 Å². The van der Waals surface area contributed by atoms with Crippen molar-refractivity contribution in [3.63, 3.8) is 0 Å². The number of hydrogen-bond donors (Lipinski definition) is 0. The maximum absolute atomic E-state index is 12.1. The van der Waals surface area contributed by atoms with Crippen LogP contribution in [0.15, 0.2) is 30.5 Å². The lowest BCUT2D eigenvalue weighted by molar-refractivity contribution is -0.139. The first-order valence-corrected chi connectivity index (χ1v) is 5.68. The molecule has 0 aliphatic rings. The summed E-state index contributed by atoms with van der Waals surface area (Å²) < 4.78 is 9.63. The van der Waals surface area contributed by atoms with Gasteiger partial charge in [0.15, 0.2) is 5.78 Å². The Morgan fingerprint density at radius 1 is 1.21 bits per heavy atom. The van der Waals surface area contributed by atoms with E-state index in [1.54, 1.807) is 37.6 Å². The minimum atomic E-state index is -0.558. The molecule has 19 heavy (non-hydrogen) atoms. The van der Waals surface area contributed by atoms with Gasteiger partial charge in [-0.05, 0) is 24.3 Å². The summed E-state index contributed by atoms with van der Waals surface area (Å²) in [5.41, 5.74) is 1.12. The molecule has 98 valence electrons. The molecule has 0 aliphatic heterocycles. The molecule has 1 heterocycles. The van der Waals surface area contributed by atoms with Gasteiger partial charge in [0.05, 0.1) is 19.7 Å². The smallest absolute Gasteiger partial charge is 0.313 e. The lowest BCUT2D eigenvalue weighted by atomic mass is 10.0. The number of nitrogens with zero attached hydrogens (tertiary/aromatic N) is 1. The maximum atomic E-state index is 12.1. The van der Waals surface area contributed by atoms with E-state index in [0.29, 0.717) is 22.2 Å². The largest absolute Gasteiger partial charge is 0.497 e. The average Bonchev–Trinajstić information content (AvgIpc) is 2.45. The number of carbonyl (C=O) groups excluding carboxylic acids is 2. The topological polar surface area (TPSA) is 65.5 Å². The van der Waals surface area contributed by atoms with Crippen molar-refractivity contribution >= 4 is 22.7 Å². The molecule has 0 radical (unpaired) electrons. The third-order valence-electron chi connectivity index (χ3n) is 2.78. The number of rotatable bonds is 4. The van der Waals surface area contributed by atoms with Crippen LogP contribution in [0.2, 0.25) is 0 Å². The Labute approximate surface area is 110 Å². The van der Waals surface area contributed by atoms with Crippen molar-refractivity contribution < 1.29 is 19.1 Å². The number of ether oxygens (including phenoxy) is 2. The van der Waals surface area contributed by atoms with Gasteiger partial charge in [0.25, 0.3) is 0 Å². The molecular weight excluding hydrogens is 246 g/mol. The average molecular weight is 259 g/mol. The number of esters is 1. The van der Waals surface area contributed by atoms with E-state index in [4.69, 9.17) is 4.74 Å². The van der Waals surface area contributed by atoms with Gasteiger partial charge in [-0.2, -0.15) is 0 Å². The number of carbonyl (C=O) groups is 2. The Bertz CT molecular complexity index is 636. The third kappa shape index (κ3) is 2.70. The molecule has 0 amide bonds. The summed E-state index contributed by atoms with van der Waals surface area (Å²) in [6.07, 6.45) is 1.26. The second-order valence-corrected chi connectivity index (χ2v) is 3.92. The second kappa shape index (κ2) is 5.48. The van der Waals surface area contributed by atoms with E-state index in [0.717, 1.165) is 0 Å². The van der Waals surface area contributed by atoms with E-state index in [-0.39, 0.29) is 12.2 Å². The fourth-order valence-corrected chi connectivity index (χ4v) is 1.79. The summed E-state index contributed by atoms with van der Waals surface area (Å²) in [4.78, 5) is 27.4. The molecule has 2 aromatic rings. The van der Waals surface area contributed by atoms with Crippen molar-refractivity contribution in [2.75, 3.05) is 14.2 Å². The van der Waals surface area contributed by atoms with Gasteiger partial charge in [0.1, 0.15) is 12.2 Å². The SMILES string of the molecule is COC(=O)CC(=O)c1ccnc2ccc(OC)cc12. The molecule has 1 aromatic heterocycles. The summed E-state index contributed by atoms with van der Waals surface area (Å²) >= 11 is 0. The predicted molar refractivity (Wildman–Crippen MR) is 69.3 cm³/mol. The standard InChI is InChI=1S/C14H13NO4/c1-18-9-3-4-12-11(7-9)10(5-6-15-12)13(16)8-14(17)19-2/h3-7H,8H2,1-2H3. The van der Waals surface area contributed by atoms with E-state index < -0.39 is 5.97 Å². The monoisotopic (exact) mass is 259 g/mol. The van der Waals surface area contributed by atoms with E-state index in [1.165, 1.54) is 7.11 Å². The minimum absolute atomic E-state index is 0.285. The molecule has 0 saturated heterocycles. The van der Waals surface area contributed by atoms with E-state index in [9.17, 15) is 9.59 Å². The number of ketones is 1. The summed E-state index contributed by atoms with van der Waals surface area (Å²) in [6.45, 7) is 0. The quantitative estimate of drug-likeness (QED) is 0.477. The second-order valence-electron chi connectivity index (χ2n) is 3.92. The molecule has 0 unspecified atom stereocenters. The Morgan fingerprint density at radius 2 is 2.00 bits per heavy atom. The zero-order valence-corrected chi connectivity index (χ0v) is 10.7. The Hall–Kier alpha value is -2.43. The number of fused-ring (bicyclic) bond motifs is 1. The lowest BCUT2D eigenvalue weighted by Crippen LogP contribution is -2.10. The van der Waals surface area contributed by atoms with Crippen molar-refractivity contribution in [2.24, 2.45) is 0 Å². The van der Waals surface area contributed by atoms with Crippen LogP contribution in [0.4, 0.5) is 0 Å². The number of Topliss-reactive ketones (excluding diaryl/α,β-unsaturated/α-hetero) is 1. The van der Waals surface area contributed by atoms with E-state index >= 15 is 0 Å². The molecule has 0 saturated carbocycles. The Morgan fingerprint density at radius 3 is 2.68 bits per heavy atom. The molecule has 0 atom stereocenters. The van der Waals surface area contributed by atoms with Gasteiger partial charge in [-0.3, -0.25) is 14.6 Å². The van der Waals surface area contributed by atoms with Crippen LogP contribution in [-0.4, -0.2) is 31.0 Å². The molecule has 2 rings (SSSR count). The number of pyridine rings is 1. The third-order valence-corrected chi connectivity index (χ3v) is 2.78. The number of methoxy groups -OCH3 is 2.